The zero-order chi connectivity index (χ0) is 19.7. The van der Waals surface area contributed by atoms with E-state index in [1.165, 1.54) is 0 Å². The summed E-state index contributed by atoms with van der Waals surface area (Å²) >= 11 is 0. The summed E-state index contributed by atoms with van der Waals surface area (Å²) in [6.45, 7) is 4.25. The number of benzene rings is 1. The van der Waals surface area contributed by atoms with E-state index in [1.807, 2.05) is 48.0 Å². The van der Waals surface area contributed by atoms with Crippen molar-refractivity contribution in [3.63, 3.8) is 0 Å². The van der Waals surface area contributed by atoms with Crippen molar-refractivity contribution in [2.75, 3.05) is 26.7 Å². The Bertz CT molecular complexity index is 852. The largest absolute Gasteiger partial charge is 0.345 e. The molecular formula is C22H28N4O2. The van der Waals surface area contributed by atoms with Crippen LogP contribution in [0.3, 0.4) is 0 Å². The van der Waals surface area contributed by atoms with Gasteiger partial charge in [0.1, 0.15) is 5.69 Å². The molecule has 2 aromatic rings. The Morgan fingerprint density at radius 1 is 1.25 bits per heavy atom. The lowest BCUT2D eigenvalue weighted by Crippen LogP contribution is -2.53. The van der Waals surface area contributed by atoms with Gasteiger partial charge in [0.15, 0.2) is 0 Å². The molecule has 2 aliphatic rings. The van der Waals surface area contributed by atoms with Gasteiger partial charge in [-0.15, -0.1) is 0 Å². The van der Waals surface area contributed by atoms with Gasteiger partial charge in [-0.1, -0.05) is 37.3 Å². The van der Waals surface area contributed by atoms with E-state index in [2.05, 4.69) is 22.3 Å². The molecule has 28 heavy (non-hydrogen) atoms. The first-order valence-corrected chi connectivity index (χ1v) is 10.1. The van der Waals surface area contributed by atoms with Crippen LogP contribution in [0.4, 0.5) is 0 Å². The van der Waals surface area contributed by atoms with Crippen molar-refractivity contribution >= 4 is 11.8 Å². The van der Waals surface area contributed by atoms with Gasteiger partial charge in [0.2, 0.25) is 5.91 Å². The standard InChI is InChI=1S/C22H28N4O2/c1-3-17-13-19(24-23-17)21(28)26-11-9-22(10-12-26)14-18(20(27)25(2)15-22)16-7-5-4-6-8-16/h4-8,13,18H,3,9-12,14-15H2,1-2H3,(H,23,24)/t18-/m1/s1. The SMILES string of the molecule is CCc1cc(C(=O)N2CCC3(CC2)C[C@H](c2ccccc2)C(=O)N(C)C3)n[nH]1. The highest BCUT2D eigenvalue weighted by atomic mass is 16.2. The van der Waals surface area contributed by atoms with Gasteiger partial charge in [0.05, 0.1) is 5.92 Å². The van der Waals surface area contributed by atoms with Crippen LogP contribution in [0.15, 0.2) is 36.4 Å². The van der Waals surface area contributed by atoms with Crippen LogP contribution in [0, 0.1) is 5.41 Å². The van der Waals surface area contributed by atoms with Gasteiger partial charge in [-0.05, 0) is 42.7 Å². The molecule has 2 saturated heterocycles. The predicted molar refractivity (Wildman–Crippen MR) is 107 cm³/mol. The van der Waals surface area contributed by atoms with Crippen molar-refractivity contribution in [1.29, 1.82) is 0 Å². The van der Waals surface area contributed by atoms with E-state index >= 15 is 0 Å². The average Bonchev–Trinajstić information content (AvgIpc) is 3.21. The van der Waals surface area contributed by atoms with Crippen molar-refractivity contribution < 1.29 is 9.59 Å². The topological polar surface area (TPSA) is 69.3 Å². The Balaban J connectivity index is 1.46. The molecule has 6 nitrogen and oxygen atoms in total. The lowest BCUT2D eigenvalue weighted by molar-refractivity contribution is -0.139. The Morgan fingerprint density at radius 3 is 2.61 bits per heavy atom. The van der Waals surface area contributed by atoms with Crippen LogP contribution >= 0.6 is 0 Å². The first kappa shape index (κ1) is 18.7. The molecule has 1 aromatic heterocycles. The molecule has 2 aliphatic heterocycles. The number of hydrogen-bond acceptors (Lipinski definition) is 3. The first-order valence-electron chi connectivity index (χ1n) is 10.1. The number of nitrogens with zero attached hydrogens (tertiary/aromatic N) is 3. The third kappa shape index (κ3) is 3.43. The maximum absolute atomic E-state index is 12.8. The number of piperidine rings is 2. The van der Waals surface area contributed by atoms with E-state index < -0.39 is 0 Å². The Labute approximate surface area is 165 Å². The fourth-order valence-electron chi connectivity index (χ4n) is 4.74. The molecule has 1 N–H and O–H groups in total. The second kappa shape index (κ2) is 7.41. The second-order valence-corrected chi connectivity index (χ2v) is 8.29. The zero-order valence-corrected chi connectivity index (χ0v) is 16.6. The summed E-state index contributed by atoms with van der Waals surface area (Å²) < 4.78 is 0. The molecule has 0 radical (unpaired) electrons. The van der Waals surface area contributed by atoms with E-state index in [4.69, 9.17) is 0 Å². The number of carbonyl (C=O) groups is 2. The van der Waals surface area contributed by atoms with Crippen molar-refractivity contribution in [2.24, 2.45) is 5.41 Å². The van der Waals surface area contributed by atoms with Crippen molar-refractivity contribution in [2.45, 2.75) is 38.5 Å². The monoisotopic (exact) mass is 380 g/mol. The van der Waals surface area contributed by atoms with Crippen LogP contribution in [0.2, 0.25) is 0 Å². The molecule has 0 saturated carbocycles. The molecule has 0 unspecified atom stereocenters. The van der Waals surface area contributed by atoms with Gasteiger partial charge in [0.25, 0.3) is 5.91 Å². The van der Waals surface area contributed by atoms with Gasteiger partial charge in [-0.2, -0.15) is 5.10 Å². The highest BCUT2D eigenvalue weighted by Gasteiger charge is 2.45. The number of carbonyl (C=O) groups excluding carboxylic acids is 2. The van der Waals surface area contributed by atoms with Crippen LogP contribution in [0.25, 0.3) is 0 Å². The highest BCUT2D eigenvalue weighted by molar-refractivity contribution is 5.92. The summed E-state index contributed by atoms with van der Waals surface area (Å²) in [5.41, 5.74) is 2.67. The van der Waals surface area contributed by atoms with Gasteiger partial charge in [-0.3, -0.25) is 14.7 Å². The van der Waals surface area contributed by atoms with Crippen LogP contribution in [-0.4, -0.2) is 58.5 Å². The van der Waals surface area contributed by atoms with Crippen LogP contribution < -0.4 is 0 Å². The summed E-state index contributed by atoms with van der Waals surface area (Å²) in [6.07, 6.45) is 3.55. The van der Waals surface area contributed by atoms with Crippen LogP contribution in [0.5, 0.6) is 0 Å². The molecule has 148 valence electrons. The maximum Gasteiger partial charge on any atom is 0.274 e. The molecule has 2 amide bonds. The van der Waals surface area contributed by atoms with Crippen molar-refractivity contribution in [3.05, 3.63) is 53.3 Å². The number of rotatable bonds is 3. The number of amides is 2. The zero-order valence-electron chi connectivity index (χ0n) is 16.6. The molecule has 3 heterocycles. The number of aromatic nitrogens is 2. The van der Waals surface area contributed by atoms with E-state index in [9.17, 15) is 9.59 Å². The predicted octanol–water partition coefficient (Wildman–Crippen LogP) is 2.84. The molecule has 1 atom stereocenters. The molecule has 0 aliphatic carbocycles. The Morgan fingerprint density at radius 2 is 1.96 bits per heavy atom. The summed E-state index contributed by atoms with van der Waals surface area (Å²) in [5, 5.41) is 7.10. The summed E-state index contributed by atoms with van der Waals surface area (Å²) in [4.78, 5) is 29.4. The summed E-state index contributed by atoms with van der Waals surface area (Å²) in [7, 11) is 1.91. The molecule has 1 spiro atoms. The lowest BCUT2D eigenvalue weighted by atomic mass is 9.67. The first-order chi connectivity index (χ1) is 13.5. The quantitative estimate of drug-likeness (QED) is 0.890. The molecule has 0 bridgehead atoms. The molecule has 1 aromatic carbocycles. The number of aromatic amines is 1. The fraction of sp³-hybridized carbons (Fsp3) is 0.500. The number of hydrogen-bond donors (Lipinski definition) is 1. The summed E-state index contributed by atoms with van der Waals surface area (Å²) in [6, 6.07) is 11.9. The van der Waals surface area contributed by atoms with E-state index in [0.717, 1.165) is 56.6 Å². The van der Waals surface area contributed by atoms with Crippen molar-refractivity contribution in [3.8, 4) is 0 Å². The molecule has 4 rings (SSSR count). The number of likely N-dealkylation sites (N-methyl/N-ethyl adjacent to an activating group) is 1. The minimum absolute atomic E-state index is 0.00523. The lowest BCUT2D eigenvalue weighted by Gasteiger charge is -2.49. The molecular weight excluding hydrogens is 352 g/mol. The van der Waals surface area contributed by atoms with Gasteiger partial charge >= 0.3 is 0 Å². The van der Waals surface area contributed by atoms with Crippen LogP contribution in [-0.2, 0) is 11.2 Å². The van der Waals surface area contributed by atoms with E-state index in [0.29, 0.717) is 5.69 Å². The highest BCUT2D eigenvalue weighted by Crippen LogP contribution is 2.45. The molecule has 6 heteroatoms. The Kier molecular flexibility index (Phi) is 4.96. The average molecular weight is 380 g/mol. The number of H-pyrrole nitrogens is 1. The van der Waals surface area contributed by atoms with Gasteiger partial charge in [-0.25, -0.2) is 0 Å². The third-order valence-corrected chi connectivity index (χ3v) is 6.43. The smallest absolute Gasteiger partial charge is 0.274 e. The van der Waals surface area contributed by atoms with Gasteiger partial charge < -0.3 is 9.80 Å². The fourth-order valence-corrected chi connectivity index (χ4v) is 4.74. The van der Waals surface area contributed by atoms with E-state index in [1.54, 1.807) is 0 Å². The Hall–Kier alpha value is -2.63. The van der Waals surface area contributed by atoms with E-state index in [-0.39, 0.29) is 23.1 Å². The second-order valence-electron chi connectivity index (χ2n) is 8.29. The molecule has 2 fully saturated rings. The van der Waals surface area contributed by atoms with Crippen LogP contribution in [0.1, 0.15) is 53.8 Å². The number of likely N-dealkylation sites (tertiary alicyclic amines) is 2. The number of aryl methyl sites for hydroxylation is 1. The summed E-state index contributed by atoms with van der Waals surface area (Å²) in [5.74, 6) is 0.130. The normalized spacial score (nSPS) is 21.9. The minimum atomic E-state index is -0.0827. The van der Waals surface area contributed by atoms with Gasteiger partial charge in [0, 0.05) is 32.4 Å². The third-order valence-electron chi connectivity index (χ3n) is 6.43. The van der Waals surface area contributed by atoms with Crippen molar-refractivity contribution in [1.82, 2.24) is 20.0 Å². The number of nitrogens with one attached hydrogen (secondary N) is 1. The minimum Gasteiger partial charge on any atom is -0.345 e. The maximum atomic E-state index is 12.8.